The second kappa shape index (κ2) is 17.4. The van der Waals surface area contributed by atoms with Crippen molar-refractivity contribution in [3.63, 3.8) is 0 Å². The van der Waals surface area contributed by atoms with Gasteiger partial charge >= 0.3 is 6.09 Å². The van der Waals surface area contributed by atoms with E-state index >= 15 is 0 Å². The van der Waals surface area contributed by atoms with Gasteiger partial charge in [0.2, 0.25) is 5.91 Å². The molecule has 0 unspecified atom stereocenters. The molecule has 1 saturated heterocycles. The number of aliphatic hydroxyl groups excluding tert-OH is 4. The van der Waals surface area contributed by atoms with Gasteiger partial charge in [-0.3, -0.25) is 4.79 Å². The third kappa shape index (κ3) is 10.0. The summed E-state index contributed by atoms with van der Waals surface area (Å²) in [5, 5.41) is 45.5. The number of nitrogens with one attached hydrogen (secondary N) is 2. The summed E-state index contributed by atoms with van der Waals surface area (Å²) in [4.78, 5) is 26.6. The molecule has 0 spiro atoms. The van der Waals surface area contributed by atoms with E-state index in [2.05, 4.69) is 10.6 Å². The maximum Gasteiger partial charge on any atom is 0.408 e. The number of carbonyl (C=O) groups excluding carboxylic acids is 2. The van der Waals surface area contributed by atoms with Crippen LogP contribution in [-0.2, 0) is 40.5 Å². The van der Waals surface area contributed by atoms with Gasteiger partial charge in [0.05, 0.1) is 6.61 Å². The lowest BCUT2D eigenvalue weighted by molar-refractivity contribution is -0.236. The van der Waals surface area contributed by atoms with Crippen molar-refractivity contribution < 1.29 is 49.0 Å². The summed E-state index contributed by atoms with van der Waals surface area (Å²) in [5.41, 5.74) is 3.23. The van der Waals surface area contributed by atoms with Gasteiger partial charge in [-0.25, -0.2) is 4.79 Å². The number of aliphatic hydroxyl groups is 4. The average molecular weight is 673 g/mol. The van der Waals surface area contributed by atoms with Crippen LogP contribution >= 0.6 is 0 Å². The highest BCUT2D eigenvalue weighted by atomic mass is 16.6. The molecular formula is C37H40N2O10. The number of rotatable bonds is 14. The molecule has 0 bridgehead atoms. The number of hydrogen-bond donors (Lipinski definition) is 6. The molecular weight excluding hydrogens is 632 g/mol. The second-order valence-electron chi connectivity index (χ2n) is 11.6. The number of ether oxygens (including phenoxy) is 4. The number of amides is 2. The molecule has 1 heterocycles. The first-order valence-corrected chi connectivity index (χ1v) is 15.8. The standard InChI is InChI=1S/C37H40N2O10/c40-20-31-32(41)33(42)34(43)36(49-31)39-35(44)28(38-37(45)48-23-26-14-8-3-9-15-26)18-27-16-17-29(46-21-24-10-4-1-5-11-24)30(19-27)47-22-25-12-6-2-7-13-25/h1-17,19,28,31-34,36,40-43H,18,20-23H2,(H,38,45)(H,39,44)/t28-,31+,32+,33-,34+,36+/m0/s1. The second-order valence-corrected chi connectivity index (χ2v) is 11.6. The monoisotopic (exact) mass is 672 g/mol. The van der Waals surface area contributed by atoms with Gasteiger partial charge in [-0.05, 0) is 34.4 Å². The van der Waals surface area contributed by atoms with E-state index in [0.29, 0.717) is 23.7 Å². The molecule has 6 N–H and O–H groups in total. The van der Waals surface area contributed by atoms with Crippen LogP contribution in [0.5, 0.6) is 11.5 Å². The normalized spacial score (nSPS) is 20.9. The highest BCUT2D eigenvalue weighted by Gasteiger charge is 2.44. The first-order valence-electron chi connectivity index (χ1n) is 15.8. The van der Waals surface area contributed by atoms with Crippen LogP contribution in [0.25, 0.3) is 0 Å². The minimum Gasteiger partial charge on any atom is -0.485 e. The minimum atomic E-state index is -1.72. The Bertz CT molecular complexity index is 1620. The predicted octanol–water partition coefficient (Wildman–Crippen LogP) is 2.60. The summed E-state index contributed by atoms with van der Waals surface area (Å²) in [6, 6.07) is 32.2. The summed E-state index contributed by atoms with van der Waals surface area (Å²) in [6.45, 7) is -0.175. The highest BCUT2D eigenvalue weighted by Crippen LogP contribution is 2.31. The Morgan fingerprint density at radius 2 is 1.22 bits per heavy atom. The molecule has 0 radical (unpaired) electrons. The highest BCUT2D eigenvalue weighted by molar-refractivity contribution is 5.86. The van der Waals surface area contributed by atoms with Crippen molar-refractivity contribution in [3.8, 4) is 11.5 Å². The summed E-state index contributed by atoms with van der Waals surface area (Å²) in [6.07, 6.45) is -8.68. The van der Waals surface area contributed by atoms with Crippen LogP contribution in [0.3, 0.4) is 0 Å². The van der Waals surface area contributed by atoms with Gasteiger partial charge in [0.25, 0.3) is 0 Å². The van der Waals surface area contributed by atoms with Crippen molar-refractivity contribution in [2.75, 3.05) is 6.61 Å². The third-order valence-electron chi connectivity index (χ3n) is 7.92. The Morgan fingerprint density at radius 3 is 1.80 bits per heavy atom. The third-order valence-corrected chi connectivity index (χ3v) is 7.92. The van der Waals surface area contributed by atoms with Crippen LogP contribution in [0.2, 0.25) is 0 Å². The van der Waals surface area contributed by atoms with Gasteiger partial charge in [0.1, 0.15) is 50.3 Å². The number of hydrogen-bond acceptors (Lipinski definition) is 10. The van der Waals surface area contributed by atoms with Crippen LogP contribution in [0, 0.1) is 0 Å². The Hall–Kier alpha value is -4.98. The zero-order valence-corrected chi connectivity index (χ0v) is 26.6. The largest absolute Gasteiger partial charge is 0.485 e. The van der Waals surface area contributed by atoms with E-state index in [-0.39, 0.29) is 19.6 Å². The maximum atomic E-state index is 13.6. The van der Waals surface area contributed by atoms with E-state index in [1.807, 2.05) is 66.7 Å². The number of carbonyl (C=O) groups is 2. The Balaban J connectivity index is 1.35. The van der Waals surface area contributed by atoms with Crippen LogP contribution in [0.4, 0.5) is 4.79 Å². The van der Waals surface area contributed by atoms with E-state index in [4.69, 9.17) is 18.9 Å². The molecule has 5 rings (SSSR count). The van der Waals surface area contributed by atoms with E-state index < -0.39 is 55.3 Å². The maximum absolute atomic E-state index is 13.6. The fraction of sp³-hybridized carbons (Fsp3) is 0.297. The van der Waals surface area contributed by atoms with Gasteiger partial charge in [-0.2, -0.15) is 0 Å². The van der Waals surface area contributed by atoms with Crippen molar-refractivity contribution in [3.05, 3.63) is 131 Å². The number of benzene rings is 4. The van der Waals surface area contributed by atoms with E-state index in [1.54, 1.807) is 42.5 Å². The van der Waals surface area contributed by atoms with Crippen LogP contribution in [0.1, 0.15) is 22.3 Å². The molecule has 12 heteroatoms. The first-order chi connectivity index (χ1) is 23.8. The van der Waals surface area contributed by atoms with Crippen LogP contribution < -0.4 is 20.1 Å². The van der Waals surface area contributed by atoms with E-state index in [1.165, 1.54) is 0 Å². The summed E-state index contributed by atoms with van der Waals surface area (Å²) >= 11 is 0. The summed E-state index contributed by atoms with van der Waals surface area (Å²) in [7, 11) is 0. The van der Waals surface area contributed by atoms with Gasteiger partial charge in [0.15, 0.2) is 17.7 Å². The SMILES string of the molecule is O=C(N[C@@H](Cc1ccc(OCc2ccccc2)c(OCc2ccccc2)c1)C(=O)N[C@@H]1O[C@H](CO)[C@@H](O)[C@H](O)[C@H]1O)OCc1ccccc1. The Morgan fingerprint density at radius 1 is 0.673 bits per heavy atom. The van der Waals surface area contributed by atoms with Crippen molar-refractivity contribution in [1.29, 1.82) is 0 Å². The fourth-order valence-electron chi connectivity index (χ4n) is 5.20. The average Bonchev–Trinajstić information content (AvgIpc) is 3.13. The lowest BCUT2D eigenvalue weighted by atomic mass is 9.98. The molecule has 6 atom stereocenters. The Labute approximate surface area is 283 Å². The smallest absolute Gasteiger partial charge is 0.408 e. The van der Waals surface area contributed by atoms with Crippen molar-refractivity contribution >= 4 is 12.0 Å². The van der Waals surface area contributed by atoms with Gasteiger partial charge < -0.3 is 50.0 Å². The van der Waals surface area contributed by atoms with Crippen LogP contribution in [0.15, 0.2) is 109 Å². The zero-order valence-electron chi connectivity index (χ0n) is 26.6. The van der Waals surface area contributed by atoms with Crippen LogP contribution in [-0.4, -0.2) is 75.7 Å². The minimum absolute atomic E-state index is 0.0430. The lowest BCUT2D eigenvalue weighted by Crippen LogP contribution is -2.64. The zero-order chi connectivity index (χ0) is 34.6. The molecule has 0 aromatic heterocycles. The van der Waals surface area contributed by atoms with E-state index in [0.717, 1.165) is 16.7 Å². The van der Waals surface area contributed by atoms with Gasteiger partial charge in [0, 0.05) is 6.42 Å². The van der Waals surface area contributed by atoms with Crippen molar-refractivity contribution in [2.24, 2.45) is 0 Å². The summed E-state index contributed by atoms with van der Waals surface area (Å²) in [5.74, 6) is 0.107. The lowest BCUT2D eigenvalue weighted by Gasteiger charge is -2.40. The molecule has 0 aliphatic carbocycles. The van der Waals surface area contributed by atoms with Gasteiger partial charge in [-0.1, -0.05) is 97.1 Å². The fourth-order valence-corrected chi connectivity index (χ4v) is 5.20. The molecule has 2 amide bonds. The molecule has 1 aliphatic rings. The molecule has 1 fully saturated rings. The molecule has 258 valence electrons. The quantitative estimate of drug-likeness (QED) is 0.117. The number of alkyl carbamates (subject to hydrolysis) is 1. The summed E-state index contributed by atoms with van der Waals surface area (Å²) < 4.78 is 23.1. The van der Waals surface area contributed by atoms with Gasteiger partial charge in [-0.15, -0.1) is 0 Å². The van der Waals surface area contributed by atoms with Crippen molar-refractivity contribution in [1.82, 2.24) is 10.6 Å². The topological polar surface area (TPSA) is 176 Å². The molecule has 4 aromatic carbocycles. The molecule has 4 aromatic rings. The Kier molecular flexibility index (Phi) is 12.6. The van der Waals surface area contributed by atoms with Crippen molar-refractivity contribution in [2.45, 2.75) is 62.9 Å². The molecule has 0 saturated carbocycles. The molecule has 49 heavy (non-hydrogen) atoms. The van der Waals surface area contributed by atoms with E-state index in [9.17, 15) is 30.0 Å². The molecule has 1 aliphatic heterocycles. The predicted molar refractivity (Wildman–Crippen MR) is 177 cm³/mol. The molecule has 12 nitrogen and oxygen atoms in total. The first kappa shape index (κ1) is 35.3.